The average Bonchev–Trinajstić information content (AvgIpc) is 2.61. The molecule has 2 aromatic carbocycles. The van der Waals surface area contributed by atoms with Crippen molar-refractivity contribution < 1.29 is 9.47 Å². The van der Waals surface area contributed by atoms with Crippen LogP contribution in [-0.4, -0.2) is 13.2 Å². The van der Waals surface area contributed by atoms with E-state index in [0.717, 1.165) is 18.8 Å². The minimum absolute atomic E-state index is 0.183. The van der Waals surface area contributed by atoms with E-state index in [1.807, 2.05) is 0 Å². The number of hydrogen-bond acceptors (Lipinski definition) is 2. The molecule has 1 saturated heterocycles. The molecule has 1 aliphatic heterocycles. The van der Waals surface area contributed by atoms with Crippen molar-refractivity contribution in [1.82, 2.24) is 0 Å². The summed E-state index contributed by atoms with van der Waals surface area (Å²) in [6.45, 7) is 15.0. The average molecular weight is 353 g/mol. The summed E-state index contributed by atoms with van der Waals surface area (Å²) in [4.78, 5) is 0. The molecule has 0 aromatic heterocycles. The van der Waals surface area contributed by atoms with Crippen LogP contribution >= 0.6 is 0 Å². The van der Waals surface area contributed by atoms with Gasteiger partial charge in [-0.2, -0.15) is 0 Å². The zero-order valence-electron chi connectivity index (χ0n) is 17.0. The summed E-state index contributed by atoms with van der Waals surface area (Å²) < 4.78 is 12.0. The molecule has 2 nitrogen and oxygen atoms in total. The Morgan fingerprint density at radius 3 is 1.58 bits per heavy atom. The zero-order valence-corrected chi connectivity index (χ0v) is 17.0. The Labute approximate surface area is 158 Å². The summed E-state index contributed by atoms with van der Waals surface area (Å²) in [7, 11) is 0. The first-order valence-electron chi connectivity index (χ1n) is 9.59. The molecular formula is C24H32O2. The zero-order chi connectivity index (χ0) is 18.9. The van der Waals surface area contributed by atoms with Crippen LogP contribution in [0.5, 0.6) is 0 Å². The van der Waals surface area contributed by atoms with Gasteiger partial charge in [0.05, 0.1) is 13.2 Å². The Morgan fingerprint density at radius 1 is 0.692 bits per heavy atom. The van der Waals surface area contributed by atoms with Crippen molar-refractivity contribution in [3.05, 3.63) is 59.7 Å². The lowest BCUT2D eigenvalue weighted by Gasteiger charge is -2.37. The molecule has 0 bridgehead atoms. The fraction of sp³-hybridized carbons (Fsp3) is 0.500. The van der Waals surface area contributed by atoms with E-state index in [9.17, 15) is 0 Å². The van der Waals surface area contributed by atoms with E-state index in [0.29, 0.717) is 5.92 Å². The quantitative estimate of drug-likeness (QED) is 0.626. The standard InChI is InChI=1S/C24H32O2/c1-23(2,3)20-13-11-18(12-14-20)17-7-9-19(10-8-17)22-25-15-21(16-26-22)24(4,5)6/h7-14,21-22H,15-16H2,1-6H3. The molecule has 3 rings (SSSR count). The Morgan fingerprint density at radius 2 is 1.15 bits per heavy atom. The lowest BCUT2D eigenvalue weighted by Crippen LogP contribution is -2.35. The molecule has 0 atom stereocenters. The van der Waals surface area contributed by atoms with E-state index in [-0.39, 0.29) is 17.1 Å². The van der Waals surface area contributed by atoms with E-state index < -0.39 is 0 Å². The number of ether oxygens (including phenoxy) is 2. The normalized spacial score (nSPS) is 21.6. The van der Waals surface area contributed by atoms with E-state index in [1.165, 1.54) is 16.7 Å². The van der Waals surface area contributed by atoms with Crippen LogP contribution in [0, 0.1) is 11.3 Å². The molecule has 1 aliphatic rings. The molecule has 140 valence electrons. The summed E-state index contributed by atoms with van der Waals surface area (Å²) in [5.74, 6) is 0.444. The number of benzene rings is 2. The van der Waals surface area contributed by atoms with Gasteiger partial charge in [-0.05, 0) is 27.5 Å². The fourth-order valence-electron chi connectivity index (χ4n) is 3.19. The van der Waals surface area contributed by atoms with Crippen LogP contribution in [0.4, 0.5) is 0 Å². The highest BCUT2D eigenvalue weighted by Crippen LogP contribution is 2.34. The van der Waals surface area contributed by atoms with Crippen molar-refractivity contribution in [3.8, 4) is 11.1 Å². The van der Waals surface area contributed by atoms with Gasteiger partial charge in [0.15, 0.2) is 6.29 Å². The summed E-state index contributed by atoms with van der Waals surface area (Å²) >= 11 is 0. The van der Waals surface area contributed by atoms with Crippen LogP contribution in [0.25, 0.3) is 11.1 Å². The third-order valence-electron chi connectivity index (χ3n) is 5.39. The molecular weight excluding hydrogens is 320 g/mol. The summed E-state index contributed by atoms with van der Waals surface area (Å²) in [6, 6.07) is 17.4. The van der Waals surface area contributed by atoms with Crippen LogP contribution in [0.1, 0.15) is 59.0 Å². The maximum Gasteiger partial charge on any atom is 0.183 e. The second-order valence-corrected chi connectivity index (χ2v) is 9.51. The van der Waals surface area contributed by atoms with Crippen LogP contribution < -0.4 is 0 Å². The third kappa shape index (κ3) is 4.36. The van der Waals surface area contributed by atoms with Crippen molar-refractivity contribution >= 4 is 0 Å². The molecule has 0 saturated carbocycles. The summed E-state index contributed by atoms with van der Waals surface area (Å²) in [5.41, 5.74) is 5.31. The topological polar surface area (TPSA) is 18.5 Å². The number of rotatable bonds is 2. The lowest BCUT2D eigenvalue weighted by molar-refractivity contribution is -0.219. The van der Waals surface area contributed by atoms with Crippen LogP contribution in [0.2, 0.25) is 0 Å². The molecule has 1 fully saturated rings. The predicted molar refractivity (Wildman–Crippen MR) is 108 cm³/mol. The lowest BCUT2D eigenvalue weighted by atomic mass is 9.81. The van der Waals surface area contributed by atoms with Crippen molar-refractivity contribution in [2.75, 3.05) is 13.2 Å². The van der Waals surface area contributed by atoms with Gasteiger partial charge in [-0.1, -0.05) is 90.1 Å². The SMILES string of the molecule is CC(C)(C)c1ccc(-c2ccc(C3OCC(C(C)(C)C)CO3)cc2)cc1. The molecule has 0 N–H and O–H groups in total. The van der Waals surface area contributed by atoms with Crippen LogP contribution in [-0.2, 0) is 14.9 Å². The van der Waals surface area contributed by atoms with E-state index in [4.69, 9.17) is 9.47 Å². The highest BCUT2D eigenvalue weighted by Gasteiger charge is 2.31. The molecule has 1 heterocycles. The molecule has 0 radical (unpaired) electrons. The second-order valence-electron chi connectivity index (χ2n) is 9.51. The fourth-order valence-corrected chi connectivity index (χ4v) is 3.19. The first-order valence-corrected chi connectivity index (χ1v) is 9.59. The van der Waals surface area contributed by atoms with Gasteiger partial charge >= 0.3 is 0 Å². The maximum absolute atomic E-state index is 5.98. The predicted octanol–water partition coefficient (Wildman–Crippen LogP) is 6.36. The Balaban J connectivity index is 1.68. The van der Waals surface area contributed by atoms with Crippen molar-refractivity contribution in [2.45, 2.75) is 53.2 Å². The molecule has 0 amide bonds. The van der Waals surface area contributed by atoms with Gasteiger partial charge < -0.3 is 9.47 Å². The van der Waals surface area contributed by atoms with Crippen molar-refractivity contribution in [1.29, 1.82) is 0 Å². The number of hydrogen-bond donors (Lipinski definition) is 0. The van der Waals surface area contributed by atoms with Gasteiger partial charge in [-0.3, -0.25) is 0 Å². The summed E-state index contributed by atoms with van der Waals surface area (Å²) in [6.07, 6.45) is -0.245. The van der Waals surface area contributed by atoms with E-state index in [1.54, 1.807) is 0 Å². The van der Waals surface area contributed by atoms with Gasteiger partial charge in [0.25, 0.3) is 0 Å². The van der Waals surface area contributed by atoms with Gasteiger partial charge in [-0.25, -0.2) is 0 Å². The third-order valence-corrected chi connectivity index (χ3v) is 5.39. The second kappa shape index (κ2) is 7.17. The summed E-state index contributed by atoms with van der Waals surface area (Å²) in [5, 5.41) is 0. The minimum Gasteiger partial charge on any atom is -0.348 e. The van der Waals surface area contributed by atoms with Crippen LogP contribution in [0.3, 0.4) is 0 Å². The van der Waals surface area contributed by atoms with E-state index >= 15 is 0 Å². The van der Waals surface area contributed by atoms with Gasteiger partial charge in [0, 0.05) is 11.5 Å². The molecule has 0 spiro atoms. The first kappa shape index (κ1) is 19.1. The minimum atomic E-state index is -0.245. The molecule has 0 unspecified atom stereocenters. The van der Waals surface area contributed by atoms with Gasteiger partial charge in [0.1, 0.15) is 0 Å². The first-order chi connectivity index (χ1) is 12.1. The van der Waals surface area contributed by atoms with Crippen molar-refractivity contribution in [2.24, 2.45) is 11.3 Å². The van der Waals surface area contributed by atoms with Gasteiger partial charge in [0.2, 0.25) is 0 Å². The molecule has 0 aliphatic carbocycles. The molecule has 26 heavy (non-hydrogen) atoms. The maximum atomic E-state index is 5.98. The Kier molecular flexibility index (Phi) is 5.28. The van der Waals surface area contributed by atoms with Crippen molar-refractivity contribution in [3.63, 3.8) is 0 Å². The van der Waals surface area contributed by atoms with Crippen LogP contribution in [0.15, 0.2) is 48.5 Å². The smallest absolute Gasteiger partial charge is 0.183 e. The highest BCUT2D eigenvalue weighted by molar-refractivity contribution is 5.64. The van der Waals surface area contributed by atoms with E-state index in [2.05, 4.69) is 90.1 Å². The Bertz CT molecular complexity index is 707. The Hall–Kier alpha value is -1.64. The molecule has 2 aromatic rings. The monoisotopic (exact) mass is 352 g/mol. The van der Waals surface area contributed by atoms with Gasteiger partial charge in [-0.15, -0.1) is 0 Å². The molecule has 2 heteroatoms. The highest BCUT2D eigenvalue weighted by atomic mass is 16.7. The largest absolute Gasteiger partial charge is 0.348 e.